The summed E-state index contributed by atoms with van der Waals surface area (Å²) < 4.78 is 0. The Balaban J connectivity index is 2.12. The van der Waals surface area contributed by atoms with Crippen molar-refractivity contribution >= 4 is 5.95 Å². The molecule has 0 bridgehead atoms. The number of rotatable bonds is 4. The van der Waals surface area contributed by atoms with Crippen molar-refractivity contribution in [1.82, 2.24) is 9.97 Å². The van der Waals surface area contributed by atoms with Gasteiger partial charge in [-0.05, 0) is 11.5 Å². The SMILES string of the molecule is CC(C)c1cc(=O)[nH]c(NCc2ccccc2)n1. The van der Waals surface area contributed by atoms with Gasteiger partial charge in [0.1, 0.15) is 0 Å². The van der Waals surface area contributed by atoms with Crippen molar-refractivity contribution in [3.8, 4) is 0 Å². The molecule has 0 radical (unpaired) electrons. The predicted octanol–water partition coefficient (Wildman–Crippen LogP) is 2.51. The molecule has 0 unspecified atom stereocenters. The average Bonchev–Trinajstić information content (AvgIpc) is 2.37. The predicted molar refractivity (Wildman–Crippen MR) is 72.7 cm³/mol. The van der Waals surface area contributed by atoms with Gasteiger partial charge >= 0.3 is 0 Å². The Kier molecular flexibility index (Phi) is 3.77. The lowest BCUT2D eigenvalue weighted by molar-refractivity contribution is 0.808. The number of nitrogens with zero attached hydrogens (tertiary/aromatic N) is 1. The second-order valence-electron chi connectivity index (χ2n) is 4.51. The monoisotopic (exact) mass is 243 g/mol. The Bertz CT molecular complexity index is 561. The van der Waals surface area contributed by atoms with E-state index in [1.54, 1.807) is 6.07 Å². The van der Waals surface area contributed by atoms with Gasteiger partial charge in [0.05, 0.1) is 5.69 Å². The van der Waals surface area contributed by atoms with Crippen LogP contribution in [-0.4, -0.2) is 9.97 Å². The molecule has 0 aliphatic heterocycles. The van der Waals surface area contributed by atoms with E-state index < -0.39 is 0 Å². The van der Waals surface area contributed by atoms with E-state index in [1.165, 1.54) is 0 Å². The van der Waals surface area contributed by atoms with Gasteiger partial charge in [-0.3, -0.25) is 9.78 Å². The van der Waals surface area contributed by atoms with E-state index in [0.717, 1.165) is 11.3 Å². The Hall–Kier alpha value is -2.10. The average molecular weight is 243 g/mol. The Labute approximate surface area is 106 Å². The molecule has 0 saturated carbocycles. The van der Waals surface area contributed by atoms with Gasteiger partial charge in [0.15, 0.2) is 0 Å². The molecule has 0 saturated heterocycles. The van der Waals surface area contributed by atoms with E-state index in [0.29, 0.717) is 12.5 Å². The second kappa shape index (κ2) is 5.49. The lowest BCUT2D eigenvalue weighted by atomic mass is 10.1. The number of nitrogens with one attached hydrogen (secondary N) is 2. The third kappa shape index (κ3) is 3.20. The van der Waals surface area contributed by atoms with Crippen LogP contribution in [0, 0.1) is 0 Å². The molecule has 0 atom stereocenters. The standard InChI is InChI=1S/C14H17N3O/c1-10(2)12-8-13(18)17-14(16-12)15-9-11-6-4-3-5-7-11/h3-8,10H,9H2,1-2H3,(H2,15,16,17,18). The van der Waals surface area contributed by atoms with Gasteiger partial charge in [0, 0.05) is 12.6 Å². The zero-order valence-electron chi connectivity index (χ0n) is 10.6. The molecule has 94 valence electrons. The van der Waals surface area contributed by atoms with Crippen molar-refractivity contribution < 1.29 is 0 Å². The fraction of sp³-hybridized carbons (Fsp3) is 0.286. The van der Waals surface area contributed by atoms with Crippen LogP contribution in [0.25, 0.3) is 0 Å². The van der Waals surface area contributed by atoms with Gasteiger partial charge in [-0.1, -0.05) is 44.2 Å². The molecule has 2 rings (SSSR count). The normalized spacial score (nSPS) is 10.6. The highest BCUT2D eigenvalue weighted by Gasteiger charge is 2.04. The summed E-state index contributed by atoms with van der Waals surface area (Å²) in [7, 11) is 0. The van der Waals surface area contributed by atoms with Crippen LogP contribution >= 0.6 is 0 Å². The first-order valence-corrected chi connectivity index (χ1v) is 6.04. The number of aromatic amines is 1. The first-order valence-electron chi connectivity index (χ1n) is 6.04. The minimum atomic E-state index is -0.121. The lowest BCUT2D eigenvalue weighted by Gasteiger charge is -2.08. The molecular formula is C14H17N3O. The zero-order chi connectivity index (χ0) is 13.0. The van der Waals surface area contributed by atoms with Crippen LogP contribution in [0.5, 0.6) is 0 Å². The fourth-order valence-corrected chi connectivity index (χ4v) is 1.64. The Morgan fingerprint density at radius 3 is 2.67 bits per heavy atom. The molecule has 0 aliphatic rings. The summed E-state index contributed by atoms with van der Waals surface area (Å²) in [5, 5.41) is 3.13. The molecule has 1 heterocycles. The molecule has 4 heteroatoms. The summed E-state index contributed by atoms with van der Waals surface area (Å²) in [5.41, 5.74) is 1.83. The molecule has 1 aromatic carbocycles. The first-order chi connectivity index (χ1) is 8.65. The smallest absolute Gasteiger partial charge is 0.252 e. The van der Waals surface area contributed by atoms with E-state index in [-0.39, 0.29) is 11.5 Å². The number of benzene rings is 1. The van der Waals surface area contributed by atoms with Crippen molar-refractivity contribution in [3.05, 3.63) is 58.0 Å². The highest BCUT2D eigenvalue weighted by Crippen LogP contribution is 2.10. The van der Waals surface area contributed by atoms with Gasteiger partial charge in [-0.15, -0.1) is 0 Å². The maximum Gasteiger partial charge on any atom is 0.252 e. The van der Waals surface area contributed by atoms with Crippen molar-refractivity contribution in [3.63, 3.8) is 0 Å². The minimum Gasteiger partial charge on any atom is -0.352 e. The highest BCUT2D eigenvalue weighted by atomic mass is 16.1. The van der Waals surface area contributed by atoms with Crippen molar-refractivity contribution in [2.24, 2.45) is 0 Å². The summed E-state index contributed by atoms with van der Waals surface area (Å²) in [6, 6.07) is 11.5. The van der Waals surface area contributed by atoms with Gasteiger partial charge in [0.2, 0.25) is 5.95 Å². The largest absolute Gasteiger partial charge is 0.352 e. The molecule has 0 aliphatic carbocycles. The Morgan fingerprint density at radius 2 is 2.00 bits per heavy atom. The van der Waals surface area contributed by atoms with E-state index >= 15 is 0 Å². The van der Waals surface area contributed by atoms with Crippen LogP contribution < -0.4 is 10.9 Å². The van der Waals surface area contributed by atoms with Gasteiger partial charge in [0.25, 0.3) is 5.56 Å². The topological polar surface area (TPSA) is 57.8 Å². The van der Waals surface area contributed by atoms with E-state index in [2.05, 4.69) is 15.3 Å². The Morgan fingerprint density at radius 1 is 1.28 bits per heavy atom. The molecule has 1 aromatic heterocycles. The molecule has 4 nitrogen and oxygen atoms in total. The highest BCUT2D eigenvalue weighted by molar-refractivity contribution is 5.28. The van der Waals surface area contributed by atoms with E-state index in [1.807, 2.05) is 44.2 Å². The fourth-order valence-electron chi connectivity index (χ4n) is 1.64. The molecule has 0 fully saturated rings. The number of hydrogen-bond acceptors (Lipinski definition) is 3. The quantitative estimate of drug-likeness (QED) is 0.867. The van der Waals surface area contributed by atoms with Gasteiger partial charge in [-0.2, -0.15) is 0 Å². The van der Waals surface area contributed by atoms with Gasteiger partial charge in [-0.25, -0.2) is 4.98 Å². The van der Waals surface area contributed by atoms with Crippen LogP contribution in [0.1, 0.15) is 31.0 Å². The number of H-pyrrole nitrogens is 1. The number of hydrogen-bond donors (Lipinski definition) is 2. The van der Waals surface area contributed by atoms with E-state index in [4.69, 9.17) is 0 Å². The summed E-state index contributed by atoms with van der Waals surface area (Å²) in [5.74, 6) is 0.764. The summed E-state index contributed by atoms with van der Waals surface area (Å²) in [6.07, 6.45) is 0. The van der Waals surface area contributed by atoms with Crippen LogP contribution in [0.15, 0.2) is 41.2 Å². The molecular weight excluding hydrogens is 226 g/mol. The molecule has 0 amide bonds. The van der Waals surface area contributed by atoms with Gasteiger partial charge < -0.3 is 5.32 Å². The molecule has 0 spiro atoms. The molecule has 18 heavy (non-hydrogen) atoms. The molecule has 2 N–H and O–H groups in total. The lowest BCUT2D eigenvalue weighted by Crippen LogP contribution is -2.14. The summed E-state index contributed by atoms with van der Waals surface area (Å²) in [6.45, 7) is 4.68. The van der Waals surface area contributed by atoms with Crippen molar-refractivity contribution in [2.75, 3.05) is 5.32 Å². The van der Waals surface area contributed by atoms with E-state index in [9.17, 15) is 4.79 Å². The summed E-state index contributed by atoms with van der Waals surface area (Å²) in [4.78, 5) is 18.6. The third-order valence-corrected chi connectivity index (χ3v) is 2.66. The number of aromatic nitrogens is 2. The minimum absolute atomic E-state index is 0.121. The number of anilines is 1. The third-order valence-electron chi connectivity index (χ3n) is 2.66. The van der Waals surface area contributed by atoms with Crippen molar-refractivity contribution in [2.45, 2.75) is 26.3 Å². The maximum atomic E-state index is 11.5. The second-order valence-corrected chi connectivity index (χ2v) is 4.51. The molecule has 2 aromatic rings. The van der Waals surface area contributed by atoms with Crippen molar-refractivity contribution in [1.29, 1.82) is 0 Å². The zero-order valence-corrected chi connectivity index (χ0v) is 10.6. The van der Waals surface area contributed by atoms with Crippen LogP contribution in [0.3, 0.4) is 0 Å². The van der Waals surface area contributed by atoms with Crippen LogP contribution in [-0.2, 0) is 6.54 Å². The van der Waals surface area contributed by atoms with Crippen LogP contribution in [0.4, 0.5) is 5.95 Å². The van der Waals surface area contributed by atoms with Crippen LogP contribution in [0.2, 0.25) is 0 Å². The summed E-state index contributed by atoms with van der Waals surface area (Å²) >= 11 is 0. The first kappa shape index (κ1) is 12.4. The maximum absolute atomic E-state index is 11.5.